The highest BCUT2D eigenvalue weighted by Gasteiger charge is 2.22. The summed E-state index contributed by atoms with van der Waals surface area (Å²) in [5.41, 5.74) is 11.6. The van der Waals surface area contributed by atoms with Gasteiger partial charge in [-0.3, -0.25) is 0 Å². The van der Waals surface area contributed by atoms with E-state index in [1.54, 1.807) is 0 Å². The molecule has 0 atom stereocenters. The summed E-state index contributed by atoms with van der Waals surface area (Å²) in [6.07, 6.45) is 0. The average molecular weight is 801 g/mol. The van der Waals surface area contributed by atoms with Crippen molar-refractivity contribution >= 4 is 81.3 Å². The summed E-state index contributed by atoms with van der Waals surface area (Å²) < 4.78 is 51.8. The molecule has 0 aliphatic carbocycles. The minimum Gasteiger partial charge on any atom is -0.453 e. The molecule has 0 aliphatic heterocycles. The van der Waals surface area contributed by atoms with Crippen LogP contribution in [0.1, 0.15) is 6.85 Å². The van der Waals surface area contributed by atoms with Gasteiger partial charge in [0, 0.05) is 47.9 Å². The molecule has 0 fully saturated rings. The maximum absolute atomic E-state index is 8.73. The first kappa shape index (κ1) is 30.3. The summed E-state index contributed by atoms with van der Waals surface area (Å²) in [6.45, 7) is 0. The van der Waals surface area contributed by atoms with E-state index in [2.05, 4.69) is 157 Å². The molecule has 2 aromatic heterocycles. The summed E-state index contributed by atoms with van der Waals surface area (Å²) in [5.74, 6) is 0. The Kier molecular flexibility index (Phi) is 7.23. The standard InChI is InChI=1S/C58H37NOS/c1-3-14-38(15-4-1)44-36-37-45(49-19-8-7-18-48(44)49)40-28-32-42(33-29-40)59(43-34-30-41(31-35-43)46-21-13-27-55-56(46)52-20-9-10-26-54(52)61-55)53-25-12-24-51-50-23-11-22-47(57(50)60-58(51)53)39-16-5-2-6-17-39/h1-37H/i1D,3D,4D,14D,15D. The molecule has 0 unspecified atom stereocenters. The van der Waals surface area contributed by atoms with Crippen molar-refractivity contribution in [1.82, 2.24) is 0 Å². The number of anilines is 3. The SMILES string of the molecule is [2H]c1c([2H])c([2H])c(-c2ccc(-c3ccc(N(c4ccc(-c5cccc6sc7ccccc7c56)cc4)c4cccc5c4oc4c(-c6ccccc6)cccc45)cc3)c3ccccc23)c([2H])c1[2H]. The van der Waals surface area contributed by atoms with E-state index < -0.39 is 6.04 Å². The minimum atomic E-state index is -0.405. The topological polar surface area (TPSA) is 16.4 Å². The lowest BCUT2D eigenvalue weighted by Gasteiger charge is -2.26. The predicted molar refractivity (Wildman–Crippen MR) is 261 cm³/mol. The highest BCUT2D eigenvalue weighted by Crippen LogP contribution is 2.46. The molecule has 0 N–H and O–H groups in total. The van der Waals surface area contributed by atoms with Crippen LogP contribution in [0.4, 0.5) is 17.1 Å². The van der Waals surface area contributed by atoms with Crippen molar-refractivity contribution < 1.29 is 11.3 Å². The first-order valence-electron chi connectivity index (χ1n) is 22.8. The van der Waals surface area contributed by atoms with E-state index in [-0.39, 0.29) is 29.7 Å². The van der Waals surface area contributed by atoms with Crippen LogP contribution in [0.15, 0.2) is 229 Å². The smallest absolute Gasteiger partial charge is 0.159 e. The second-order valence-electron chi connectivity index (χ2n) is 15.2. The lowest BCUT2D eigenvalue weighted by atomic mass is 9.92. The third-order valence-electron chi connectivity index (χ3n) is 11.8. The highest BCUT2D eigenvalue weighted by atomic mass is 32.1. The summed E-state index contributed by atoms with van der Waals surface area (Å²) in [7, 11) is 0. The van der Waals surface area contributed by atoms with Crippen LogP contribution in [0, 0.1) is 0 Å². The van der Waals surface area contributed by atoms with Gasteiger partial charge in [-0.2, -0.15) is 0 Å². The number of hydrogen-bond donors (Lipinski definition) is 0. The van der Waals surface area contributed by atoms with Crippen LogP contribution >= 0.6 is 11.3 Å². The number of furan rings is 1. The van der Waals surface area contributed by atoms with E-state index in [1.165, 1.54) is 25.7 Å². The fourth-order valence-electron chi connectivity index (χ4n) is 9.00. The molecule has 0 bridgehead atoms. The Balaban J connectivity index is 1.01. The van der Waals surface area contributed by atoms with Gasteiger partial charge in [-0.1, -0.05) is 182 Å². The lowest BCUT2D eigenvalue weighted by Crippen LogP contribution is -2.10. The van der Waals surface area contributed by atoms with E-state index in [0.717, 1.165) is 77.6 Å². The second kappa shape index (κ2) is 14.5. The quantitative estimate of drug-likeness (QED) is 0.160. The van der Waals surface area contributed by atoms with Gasteiger partial charge in [0.2, 0.25) is 0 Å². The van der Waals surface area contributed by atoms with Crippen LogP contribution < -0.4 is 4.90 Å². The third kappa shape index (κ3) is 5.93. The monoisotopic (exact) mass is 800 g/mol. The van der Waals surface area contributed by atoms with Crippen molar-refractivity contribution in [2.75, 3.05) is 4.90 Å². The zero-order valence-electron chi connectivity index (χ0n) is 37.7. The van der Waals surface area contributed by atoms with E-state index in [1.807, 2.05) is 53.8 Å². The van der Waals surface area contributed by atoms with Crippen molar-refractivity contribution in [2.45, 2.75) is 0 Å². The van der Waals surface area contributed by atoms with Crippen LogP contribution in [0.25, 0.3) is 97.4 Å². The Labute approximate surface area is 364 Å². The molecule has 3 heteroatoms. The van der Waals surface area contributed by atoms with Crippen LogP contribution in [0.5, 0.6) is 0 Å². The van der Waals surface area contributed by atoms with Gasteiger partial charge in [-0.25, -0.2) is 0 Å². The largest absolute Gasteiger partial charge is 0.453 e. The first-order valence-corrected chi connectivity index (χ1v) is 21.2. The summed E-state index contributed by atoms with van der Waals surface area (Å²) in [4.78, 5) is 2.26. The number of thiophene rings is 1. The average Bonchev–Trinajstić information content (AvgIpc) is 3.95. The molecule has 0 spiro atoms. The van der Waals surface area contributed by atoms with Gasteiger partial charge in [0.05, 0.1) is 12.5 Å². The van der Waals surface area contributed by atoms with Gasteiger partial charge in [0.1, 0.15) is 5.58 Å². The number of para-hydroxylation sites is 2. The Hall–Kier alpha value is -7.72. The van der Waals surface area contributed by atoms with Gasteiger partial charge in [-0.15, -0.1) is 11.3 Å². The van der Waals surface area contributed by atoms with Crippen LogP contribution in [-0.2, 0) is 0 Å². The first-order chi connectivity index (χ1) is 32.3. The van der Waals surface area contributed by atoms with E-state index in [9.17, 15) is 0 Å². The maximum atomic E-state index is 8.73. The van der Waals surface area contributed by atoms with Gasteiger partial charge in [0.25, 0.3) is 0 Å². The van der Waals surface area contributed by atoms with Crippen molar-refractivity contribution in [3.8, 4) is 44.5 Å². The number of benzene rings is 10. The molecule has 286 valence electrons. The molecular weight excluding hydrogens is 759 g/mol. The molecule has 2 nitrogen and oxygen atoms in total. The second-order valence-corrected chi connectivity index (χ2v) is 16.3. The summed E-state index contributed by atoms with van der Waals surface area (Å²) in [5, 5.41) is 6.33. The van der Waals surface area contributed by atoms with Gasteiger partial charge < -0.3 is 9.32 Å². The third-order valence-corrected chi connectivity index (χ3v) is 12.9. The molecular formula is C58H37NOS. The van der Waals surface area contributed by atoms with Gasteiger partial charge >= 0.3 is 0 Å². The van der Waals surface area contributed by atoms with Crippen molar-refractivity contribution in [1.29, 1.82) is 0 Å². The number of nitrogens with zero attached hydrogens (tertiary/aromatic N) is 1. The minimum absolute atomic E-state index is 0.191. The summed E-state index contributed by atoms with van der Waals surface area (Å²) >= 11 is 1.82. The molecule has 2 heterocycles. The normalized spacial score (nSPS) is 12.8. The Bertz CT molecular complexity index is 3850. The maximum Gasteiger partial charge on any atom is 0.159 e. The van der Waals surface area contributed by atoms with Gasteiger partial charge in [-0.05, 0) is 92.2 Å². The molecule has 10 aromatic carbocycles. The van der Waals surface area contributed by atoms with E-state index >= 15 is 0 Å². The molecule has 12 aromatic rings. The van der Waals surface area contributed by atoms with Crippen LogP contribution in [0.2, 0.25) is 0 Å². The molecule has 0 amide bonds. The predicted octanol–water partition coefficient (Wildman–Crippen LogP) is 17.2. The zero-order chi connectivity index (χ0) is 44.6. The molecule has 0 saturated heterocycles. The lowest BCUT2D eigenvalue weighted by molar-refractivity contribution is 0.670. The zero-order valence-corrected chi connectivity index (χ0v) is 33.6. The Morgan fingerprint density at radius 3 is 1.61 bits per heavy atom. The fourth-order valence-corrected chi connectivity index (χ4v) is 10.1. The number of fused-ring (bicyclic) bond motifs is 7. The molecule has 0 aliphatic rings. The number of rotatable bonds is 7. The van der Waals surface area contributed by atoms with E-state index in [4.69, 9.17) is 11.3 Å². The molecule has 12 rings (SSSR count). The Morgan fingerprint density at radius 2 is 0.885 bits per heavy atom. The Morgan fingerprint density at radius 1 is 0.361 bits per heavy atom. The molecule has 0 saturated carbocycles. The van der Waals surface area contributed by atoms with Crippen molar-refractivity contribution in [3.05, 3.63) is 224 Å². The number of hydrogen-bond acceptors (Lipinski definition) is 3. The molecule has 61 heavy (non-hydrogen) atoms. The summed E-state index contributed by atoms with van der Waals surface area (Å²) in [6, 6.07) is 65.8. The molecule has 0 radical (unpaired) electrons. The van der Waals surface area contributed by atoms with Gasteiger partial charge in [0.15, 0.2) is 5.58 Å². The highest BCUT2D eigenvalue weighted by molar-refractivity contribution is 7.25. The van der Waals surface area contributed by atoms with Crippen LogP contribution in [0.3, 0.4) is 0 Å². The van der Waals surface area contributed by atoms with E-state index in [0.29, 0.717) is 5.56 Å². The fraction of sp³-hybridized carbons (Fsp3) is 0. The van der Waals surface area contributed by atoms with Crippen molar-refractivity contribution in [2.24, 2.45) is 0 Å². The van der Waals surface area contributed by atoms with Crippen LogP contribution in [-0.4, -0.2) is 0 Å². The van der Waals surface area contributed by atoms with Crippen molar-refractivity contribution in [3.63, 3.8) is 0 Å².